The number of rotatable bonds is 10. The van der Waals surface area contributed by atoms with E-state index in [0.717, 1.165) is 16.0 Å². The van der Waals surface area contributed by atoms with E-state index in [1.165, 1.54) is 11.3 Å². The quantitative estimate of drug-likeness (QED) is 0.462. The zero-order valence-corrected chi connectivity index (χ0v) is 17.4. The fraction of sp³-hybridized carbons (Fsp3) is 0.304. The monoisotopic (exact) mass is 425 g/mol. The molecular weight excluding hydrogens is 398 g/mol. The molecule has 0 bridgehead atoms. The molecule has 3 aromatic rings. The SMILES string of the molecule is NC(=O)O[C@@H](Cc1ccccc1)[C@H](O)C(Cc1cncs1)[C@@H](N)Cc1ccccc1. The summed E-state index contributed by atoms with van der Waals surface area (Å²) in [6, 6.07) is 19.1. The van der Waals surface area contributed by atoms with Crippen molar-refractivity contribution >= 4 is 17.4 Å². The molecule has 0 aliphatic rings. The molecule has 0 radical (unpaired) electrons. The average Bonchev–Trinajstić information content (AvgIpc) is 3.25. The fourth-order valence-electron chi connectivity index (χ4n) is 3.64. The van der Waals surface area contributed by atoms with Crippen molar-refractivity contribution in [3.63, 3.8) is 0 Å². The maximum Gasteiger partial charge on any atom is 0.404 e. The summed E-state index contributed by atoms with van der Waals surface area (Å²) in [5.41, 5.74) is 15.7. The van der Waals surface area contributed by atoms with Crippen LogP contribution in [0, 0.1) is 5.92 Å². The second-order valence-corrected chi connectivity index (χ2v) is 8.32. The molecule has 2 aromatic carbocycles. The number of nitrogens with zero attached hydrogens (tertiary/aromatic N) is 1. The number of aliphatic hydroxyl groups excluding tert-OH is 1. The van der Waals surface area contributed by atoms with Crippen LogP contribution < -0.4 is 11.5 Å². The number of aromatic nitrogens is 1. The van der Waals surface area contributed by atoms with Crippen LogP contribution in [0.5, 0.6) is 0 Å². The van der Waals surface area contributed by atoms with Crippen molar-refractivity contribution in [1.29, 1.82) is 0 Å². The van der Waals surface area contributed by atoms with Gasteiger partial charge in [0, 0.05) is 29.5 Å². The predicted molar refractivity (Wildman–Crippen MR) is 118 cm³/mol. The van der Waals surface area contributed by atoms with Gasteiger partial charge in [-0.2, -0.15) is 0 Å². The number of primary amides is 1. The number of amides is 1. The van der Waals surface area contributed by atoms with Crippen LogP contribution in [0.25, 0.3) is 0 Å². The number of benzene rings is 2. The molecule has 5 N–H and O–H groups in total. The van der Waals surface area contributed by atoms with E-state index in [0.29, 0.717) is 19.3 Å². The minimum absolute atomic E-state index is 0.348. The molecule has 1 heterocycles. The van der Waals surface area contributed by atoms with E-state index in [9.17, 15) is 9.90 Å². The Morgan fingerprint density at radius 2 is 1.60 bits per heavy atom. The molecule has 1 amide bonds. The largest absolute Gasteiger partial charge is 0.443 e. The number of aliphatic hydroxyl groups is 1. The second-order valence-electron chi connectivity index (χ2n) is 7.34. The Labute approximate surface area is 180 Å². The van der Waals surface area contributed by atoms with Gasteiger partial charge in [-0.15, -0.1) is 11.3 Å². The maximum atomic E-state index is 11.6. The number of carbonyl (C=O) groups is 1. The molecule has 0 fully saturated rings. The third kappa shape index (κ3) is 6.38. The maximum absolute atomic E-state index is 11.6. The van der Waals surface area contributed by atoms with E-state index >= 15 is 0 Å². The summed E-state index contributed by atoms with van der Waals surface area (Å²) in [5, 5.41) is 11.3. The van der Waals surface area contributed by atoms with Gasteiger partial charge in [-0.05, 0) is 24.0 Å². The van der Waals surface area contributed by atoms with Crippen molar-refractivity contribution in [2.45, 2.75) is 37.5 Å². The lowest BCUT2D eigenvalue weighted by Gasteiger charge is -2.33. The number of nitrogens with two attached hydrogens (primary N) is 2. The summed E-state index contributed by atoms with van der Waals surface area (Å²) in [6.45, 7) is 0. The predicted octanol–water partition coefficient (Wildman–Crippen LogP) is 2.94. The number of carbonyl (C=O) groups excluding carboxylic acids is 1. The van der Waals surface area contributed by atoms with Crippen LogP contribution in [-0.2, 0) is 24.0 Å². The zero-order valence-electron chi connectivity index (χ0n) is 16.6. The Morgan fingerprint density at radius 3 is 2.13 bits per heavy atom. The van der Waals surface area contributed by atoms with Gasteiger partial charge in [-0.3, -0.25) is 4.98 Å². The van der Waals surface area contributed by atoms with Crippen LogP contribution in [-0.4, -0.2) is 34.4 Å². The number of hydrogen-bond acceptors (Lipinski definition) is 6. The topological polar surface area (TPSA) is 111 Å². The Balaban J connectivity index is 1.83. The smallest absolute Gasteiger partial charge is 0.404 e. The van der Waals surface area contributed by atoms with Crippen molar-refractivity contribution in [1.82, 2.24) is 4.98 Å². The van der Waals surface area contributed by atoms with Gasteiger partial charge in [0.25, 0.3) is 0 Å². The number of hydrogen-bond donors (Lipinski definition) is 3. The Bertz CT molecular complexity index is 891. The molecule has 6 nitrogen and oxygen atoms in total. The van der Waals surface area contributed by atoms with Gasteiger partial charge in [-0.25, -0.2) is 4.79 Å². The van der Waals surface area contributed by atoms with Gasteiger partial charge in [-0.1, -0.05) is 60.7 Å². The van der Waals surface area contributed by atoms with Crippen molar-refractivity contribution in [2.75, 3.05) is 0 Å². The first-order valence-electron chi connectivity index (χ1n) is 9.88. The van der Waals surface area contributed by atoms with Crippen LogP contribution >= 0.6 is 11.3 Å². The molecule has 1 unspecified atom stereocenters. The zero-order chi connectivity index (χ0) is 21.3. The lowest BCUT2D eigenvalue weighted by atomic mass is 9.83. The first-order valence-corrected chi connectivity index (χ1v) is 10.8. The summed E-state index contributed by atoms with van der Waals surface area (Å²) in [7, 11) is 0. The van der Waals surface area contributed by atoms with E-state index in [1.807, 2.05) is 60.7 Å². The fourth-order valence-corrected chi connectivity index (χ4v) is 4.31. The Morgan fingerprint density at radius 1 is 1.00 bits per heavy atom. The molecule has 0 aliphatic carbocycles. The third-order valence-corrected chi connectivity index (χ3v) is 5.95. The van der Waals surface area contributed by atoms with Crippen LogP contribution in [0.4, 0.5) is 4.79 Å². The molecule has 4 atom stereocenters. The third-order valence-electron chi connectivity index (χ3n) is 5.15. The van der Waals surface area contributed by atoms with Crippen molar-refractivity contribution < 1.29 is 14.6 Å². The van der Waals surface area contributed by atoms with Gasteiger partial charge < -0.3 is 21.3 Å². The highest BCUT2D eigenvalue weighted by Gasteiger charge is 2.34. The highest BCUT2D eigenvalue weighted by atomic mass is 32.1. The lowest BCUT2D eigenvalue weighted by Crippen LogP contribution is -2.48. The molecule has 0 spiro atoms. The van der Waals surface area contributed by atoms with Gasteiger partial charge >= 0.3 is 6.09 Å². The number of ether oxygens (including phenoxy) is 1. The van der Waals surface area contributed by atoms with Crippen molar-refractivity contribution in [3.05, 3.63) is 88.4 Å². The van der Waals surface area contributed by atoms with Crippen molar-refractivity contribution in [2.24, 2.45) is 17.4 Å². The van der Waals surface area contributed by atoms with E-state index in [4.69, 9.17) is 16.2 Å². The van der Waals surface area contributed by atoms with Crippen LogP contribution in [0.2, 0.25) is 0 Å². The number of thiazole rings is 1. The normalized spacial score (nSPS) is 15.1. The van der Waals surface area contributed by atoms with Crippen LogP contribution in [0.1, 0.15) is 16.0 Å². The average molecular weight is 426 g/mol. The van der Waals surface area contributed by atoms with E-state index < -0.39 is 18.3 Å². The highest BCUT2D eigenvalue weighted by Crippen LogP contribution is 2.25. The van der Waals surface area contributed by atoms with Gasteiger partial charge in [0.1, 0.15) is 6.10 Å². The molecule has 0 aliphatic heterocycles. The second kappa shape index (κ2) is 10.9. The first kappa shape index (κ1) is 22.0. The molecule has 7 heteroatoms. The lowest BCUT2D eigenvalue weighted by molar-refractivity contribution is -0.0303. The van der Waals surface area contributed by atoms with Crippen LogP contribution in [0.3, 0.4) is 0 Å². The molecule has 30 heavy (non-hydrogen) atoms. The van der Waals surface area contributed by atoms with E-state index in [-0.39, 0.29) is 12.0 Å². The Kier molecular flexibility index (Phi) is 7.96. The summed E-state index contributed by atoms with van der Waals surface area (Å²) in [6.07, 6.45) is 0.554. The summed E-state index contributed by atoms with van der Waals surface area (Å²) < 4.78 is 5.34. The molecule has 0 saturated carbocycles. The summed E-state index contributed by atoms with van der Waals surface area (Å²) >= 11 is 1.51. The first-order chi connectivity index (χ1) is 14.5. The Hall–Kier alpha value is -2.74. The van der Waals surface area contributed by atoms with E-state index in [1.54, 1.807) is 11.7 Å². The minimum Gasteiger partial charge on any atom is -0.443 e. The summed E-state index contributed by atoms with van der Waals surface area (Å²) in [4.78, 5) is 16.7. The van der Waals surface area contributed by atoms with E-state index in [2.05, 4.69) is 4.98 Å². The molecule has 3 rings (SSSR count). The van der Waals surface area contributed by atoms with Gasteiger partial charge in [0.05, 0.1) is 11.6 Å². The highest BCUT2D eigenvalue weighted by molar-refractivity contribution is 7.09. The van der Waals surface area contributed by atoms with Gasteiger partial charge in [0.15, 0.2) is 0 Å². The minimum atomic E-state index is -0.987. The molecular formula is C23H27N3O3S. The molecule has 158 valence electrons. The summed E-state index contributed by atoms with van der Waals surface area (Å²) in [5.74, 6) is -0.348. The van der Waals surface area contributed by atoms with Crippen LogP contribution in [0.15, 0.2) is 72.4 Å². The molecule has 1 aromatic heterocycles. The molecule has 0 saturated heterocycles. The standard InChI is InChI=1S/C23H27N3O3S/c24-20(11-16-7-3-1-4-8-16)19(13-18-14-26-15-30-18)22(27)21(29-23(25)28)12-17-9-5-2-6-10-17/h1-10,14-15,19-22,27H,11-13,24H2,(H2,25,28)/t19?,20-,21-,22+/m0/s1. The van der Waals surface area contributed by atoms with Crippen molar-refractivity contribution in [3.8, 4) is 0 Å². The van der Waals surface area contributed by atoms with Gasteiger partial charge in [0.2, 0.25) is 0 Å².